The van der Waals surface area contributed by atoms with Gasteiger partial charge in [0.1, 0.15) is 17.7 Å². The Morgan fingerprint density at radius 2 is 1.88 bits per heavy atom. The first-order chi connectivity index (χ1) is 7.77. The molecular formula is C13H8N2S. The molecule has 0 spiro atoms. The van der Waals surface area contributed by atoms with Crippen molar-refractivity contribution in [3.05, 3.63) is 40.8 Å². The topological polar surface area (TPSA) is 47.6 Å². The molecule has 1 heterocycles. The van der Waals surface area contributed by atoms with Crippen LogP contribution in [-0.4, -0.2) is 0 Å². The van der Waals surface area contributed by atoms with Crippen LogP contribution in [0, 0.1) is 22.7 Å². The van der Waals surface area contributed by atoms with Crippen LogP contribution in [0.2, 0.25) is 0 Å². The molecule has 0 unspecified atom stereocenters. The molecule has 0 aliphatic heterocycles. The van der Waals surface area contributed by atoms with Crippen LogP contribution in [0.5, 0.6) is 0 Å². The quantitative estimate of drug-likeness (QED) is 0.693. The zero-order chi connectivity index (χ0) is 11.5. The van der Waals surface area contributed by atoms with E-state index in [-0.39, 0.29) is 5.57 Å². The highest BCUT2D eigenvalue weighted by Gasteiger charge is 2.09. The van der Waals surface area contributed by atoms with Crippen LogP contribution < -0.4 is 0 Å². The third kappa shape index (κ3) is 1.58. The predicted molar refractivity (Wildman–Crippen MR) is 65.6 cm³/mol. The van der Waals surface area contributed by atoms with Gasteiger partial charge >= 0.3 is 0 Å². The third-order valence-electron chi connectivity index (χ3n) is 2.48. The third-order valence-corrected chi connectivity index (χ3v) is 3.45. The molecule has 1 aromatic carbocycles. The van der Waals surface area contributed by atoms with Gasteiger partial charge in [-0.15, -0.1) is 11.3 Å². The molecule has 0 aliphatic rings. The fourth-order valence-corrected chi connectivity index (χ4v) is 2.61. The second-order valence-corrected chi connectivity index (χ2v) is 4.28. The van der Waals surface area contributed by atoms with E-state index in [1.54, 1.807) is 11.3 Å². The fraction of sp³-hybridized carbons (Fsp3) is 0.0769. The molecule has 2 nitrogen and oxygen atoms in total. The molecule has 0 bridgehead atoms. The lowest BCUT2D eigenvalue weighted by atomic mass is 10.0. The van der Waals surface area contributed by atoms with Crippen molar-refractivity contribution in [2.75, 3.05) is 0 Å². The van der Waals surface area contributed by atoms with Gasteiger partial charge in [-0.05, 0) is 29.5 Å². The molecule has 0 saturated carbocycles. The first kappa shape index (κ1) is 10.4. The summed E-state index contributed by atoms with van der Waals surface area (Å²) in [5, 5.41) is 20.8. The van der Waals surface area contributed by atoms with Crippen molar-refractivity contribution in [2.45, 2.75) is 6.92 Å². The van der Waals surface area contributed by atoms with E-state index in [2.05, 4.69) is 0 Å². The van der Waals surface area contributed by atoms with Crippen LogP contribution in [-0.2, 0) is 0 Å². The minimum Gasteiger partial charge on any atom is -0.192 e. The number of rotatable bonds is 1. The van der Waals surface area contributed by atoms with Crippen molar-refractivity contribution < 1.29 is 0 Å². The summed E-state index contributed by atoms with van der Waals surface area (Å²) in [5.41, 5.74) is 1.92. The van der Waals surface area contributed by atoms with Gasteiger partial charge in [-0.2, -0.15) is 10.5 Å². The molecule has 2 rings (SSSR count). The maximum Gasteiger partial charge on any atom is 0.133 e. The summed E-state index contributed by atoms with van der Waals surface area (Å²) >= 11 is 1.63. The van der Waals surface area contributed by atoms with Crippen molar-refractivity contribution >= 4 is 27.0 Å². The van der Waals surface area contributed by atoms with E-state index in [1.165, 1.54) is 4.70 Å². The van der Waals surface area contributed by atoms with E-state index < -0.39 is 0 Å². The number of hydrogen-bond acceptors (Lipinski definition) is 3. The molecular weight excluding hydrogens is 216 g/mol. The average molecular weight is 224 g/mol. The lowest BCUT2D eigenvalue weighted by Crippen LogP contribution is -1.82. The van der Waals surface area contributed by atoms with Gasteiger partial charge in [-0.25, -0.2) is 0 Å². The van der Waals surface area contributed by atoms with E-state index in [0.717, 1.165) is 16.5 Å². The first-order valence-corrected chi connectivity index (χ1v) is 5.63. The lowest BCUT2D eigenvalue weighted by molar-refractivity contribution is 1.45. The second-order valence-electron chi connectivity index (χ2n) is 3.37. The predicted octanol–water partition coefficient (Wildman–Crippen LogP) is 3.72. The Balaban J connectivity index is 2.72. The maximum absolute atomic E-state index is 8.84. The highest BCUT2D eigenvalue weighted by Crippen LogP contribution is 2.31. The zero-order valence-electron chi connectivity index (χ0n) is 8.69. The Morgan fingerprint density at radius 3 is 2.56 bits per heavy atom. The summed E-state index contributed by atoms with van der Waals surface area (Å²) in [4.78, 5) is 0. The Kier molecular flexibility index (Phi) is 2.72. The fourth-order valence-electron chi connectivity index (χ4n) is 1.60. The van der Waals surface area contributed by atoms with Crippen LogP contribution in [0.15, 0.2) is 35.2 Å². The Morgan fingerprint density at radius 1 is 1.19 bits per heavy atom. The molecule has 76 valence electrons. The highest BCUT2D eigenvalue weighted by molar-refractivity contribution is 7.17. The maximum atomic E-state index is 8.84. The van der Waals surface area contributed by atoms with Gasteiger partial charge in [0.15, 0.2) is 0 Å². The molecule has 0 fully saturated rings. The number of thiophene rings is 1. The molecule has 0 N–H and O–H groups in total. The van der Waals surface area contributed by atoms with E-state index >= 15 is 0 Å². The van der Waals surface area contributed by atoms with Crippen molar-refractivity contribution in [1.29, 1.82) is 10.5 Å². The monoisotopic (exact) mass is 224 g/mol. The summed E-state index contributed by atoms with van der Waals surface area (Å²) < 4.78 is 1.17. The molecule has 0 radical (unpaired) electrons. The van der Waals surface area contributed by atoms with Gasteiger partial charge in [0.25, 0.3) is 0 Å². The number of nitrogens with zero attached hydrogens (tertiary/aromatic N) is 2. The van der Waals surface area contributed by atoms with Gasteiger partial charge in [-0.3, -0.25) is 0 Å². The van der Waals surface area contributed by atoms with Gasteiger partial charge in [0.05, 0.1) is 0 Å². The van der Waals surface area contributed by atoms with E-state index in [4.69, 9.17) is 10.5 Å². The number of nitriles is 2. The molecule has 0 amide bonds. The second kappa shape index (κ2) is 4.18. The molecule has 16 heavy (non-hydrogen) atoms. The summed E-state index contributed by atoms with van der Waals surface area (Å²) in [6.45, 7) is 1.82. The van der Waals surface area contributed by atoms with Gasteiger partial charge < -0.3 is 0 Å². The van der Waals surface area contributed by atoms with Crippen LogP contribution in [0.3, 0.4) is 0 Å². The van der Waals surface area contributed by atoms with Crippen LogP contribution >= 0.6 is 11.3 Å². The van der Waals surface area contributed by atoms with E-state index in [9.17, 15) is 0 Å². The van der Waals surface area contributed by atoms with E-state index in [0.29, 0.717) is 0 Å². The lowest BCUT2D eigenvalue weighted by Gasteiger charge is -1.98. The van der Waals surface area contributed by atoms with Crippen molar-refractivity contribution in [3.8, 4) is 12.1 Å². The smallest absolute Gasteiger partial charge is 0.133 e. The standard InChI is InChI=1S/C13H8N2S/c1-9(10(6-14)7-15)12-8-16-13-5-3-2-4-11(12)13/h2-5,8H,1H3. The van der Waals surface area contributed by atoms with Crippen molar-refractivity contribution in [2.24, 2.45) is 0 Å². The first-order valence-electron chi connectivity index (χ1n) is 4.75. The summed E-state index contributed by atoms with van der Waals surface area (Å²) in [6, 6.07) is 11.8. The van der Waals surface area contributed by atoms with Gasteiger partial charge in [0.2, 0.25) is 0 Å². The Bertz CT molecular complexity index is 634. The molecule has 1 aromatic heterocycles. The molecule has 3 heteroatoms. The van der Waals surface area contributed by atoms with Crippen LogP contribution in [0.25, 0.3) is 15.7 Å². The van der Waals surface area contributed by atoms with Crippen LogP contribution in [0.1, 0.15) is 12.5 Å². The normalized spacial score (nSPS) is 9.44. The number of allylic oxidation sites excluding steroid dienone is 2. The summed E-state index contributed by atoms with van der Waals surface area (Å²) in [7, 11) is 0. The number of fused-ring (bicyclic) bond motifs is 1. The van der Waals surface area contributed by atoms with Crippen molar-refractivity contribution in [3.63, 3.8) is 0 Å². The largest absolute Gasteiger partial charge is 0.192 e. The SMILES string of the molecule is CC(=C(C#N)C#N)c1csc2ccccc12. The Hall–Kier alpha value is -2.10. The molecule has 2 aromatic rings. The molecule has 0 saturated heterocycles. The van der Waals surface area contributed by atoms with E-state index in [1.807, 2.05) is 48.7 Å². The van der Waals surface area contributed by atoms with Crippen molar-refractivity contribution in [1.82, 2.24) is 0 Å². The number of benzene rings is 1. The minimum absolute atomic E-state index is 0.184. The van der Waals surface area contributed by atoms with Crippen LogP contribution in [0.4, 0.5) is 0 Å². The highest BCUT2D eigenvalue weighted by atomic mass is 32.1. The van der Waals surface area contributed by atoms with Gasteiger partial charge in [-0.1, -0.05) is 18.2 Å². The zero-order valence-corrected chi connectivity index (χ0v) is 9.51. The summed E-state index contributed by atoms with van der Waals surface area (Å²) in [5.74, 6) is 0. The molecule has 0 atom stereocenters. The number of hydrogen-bond donors (Lipinski definition) is 0. The molecule has 0 aliphatic carbocycles. The summed E-state index contributed by atoms with van der Waals surface area (Å²) in [6.07, 6.45) is 0. The minimum atomic E-state index is 0.184. The van der Waals surface area contributed by atoms with Gasteiger partial charge in [0, 0.05) is 10.1 Å². The average Bonchev–Trinajstić information content (AvgIpc) is 2.74. The Labute approximate surface area is 97.7 Å².